The van der Waals surface area contributed by atoms with Gasteiger partial charge in [0.15, 0.2) is 4.33 Å². The summed E-state index contributed by atoms with van der Waals surface area (Å²) in [6.07, 6.45) is 1.77. The van der Waals surface area contributed by atoms with E-state index >= 15 is 0 Å². The normalized spacial score (nSPS) is 26.0. The molecular weight excluding hydrogens is 287 g/mol. The van der Waals surface area contributed by atoms with Crippen LogP contribution >= 0.6 is 35.0 Å². The van der Waals surface area contributed by atoms with Gasteiger partial charge in [-0.05, 0) is 18.6 Å². The fraction of sp³-hybridized carbons (Fsp3) is 0.545. The van der Waals surface area contributed by atoms with Gasteiger partial charge < -0.3 is 0 Å². The molecule has 1 aromatic heterocycles. The molecule has 1 aliphatic carbocycles. The van der Waals surface area contributed by atoms with E-state index in [0.717, 1.165) is 5.03 Å². The van der Waals surface area contributed by atoms with E-state index in [4.69, 9.17) is 23.2 Å². The molecule has 0 radical (unpaired) electrons. The van der Waals surface area contributed by atoms with Crippen LogP contribution in [0.4, 0.5) is 8.78 Å². The van der Waals surface area contributed by atoms with Crippen molar-refractivity contribution in [3.05, 3.63) is 24.4 Å². The molecule has 1 unspecified atom stereocenters. The molecule has 17 heavy (non-hydrogen) atoms. The monoisotopic (exact) mass is 297 g/mol. The quantitative estimate of drug-likeness (QED) is 0.606. The minimum absolute atomic E-state index is 0.243. The third-order valence-electron chi connectivity index (χ3n) is 2.88. The lowest BCUT2D eigenvalue weighted by molar-refractivity contribution is -0.00274. The fourth-order valence-electron chi connectivity index (χ4n) is 1.81. The highest BCUT2D eigenvalue weighted by Gasteiger charge is 2.60. The van der Waals surface area contributed by atoms with Crippen molar-refractivity contribution in [1.29, 1.82) is 0 Å². The second-order valence-electron chi connectivity index (χ2n) is 4.04. The van der Waals surface area contributed by atoms with Gasteiger partial charge in [-0.3, -0.25) is 0 Å². The molecule has 0 N–H and O–H groups in total. The van der Waals surface area contributed by atoms with Crippen LogP contribution in [-0.4, -0.2) is 21.0 Å². The Morgan fingerprint density at radius 2 is 2.18 bits per heavy atom. The maximum absolute atomic E-state index is 13.4. The second kappa shape index (κ2) is 4.90. The number of hydrogen-bond acceptors (Lipinski definition) is 2. The average Bonchev–Trinajstić information content (AvgIpc) is 2.49. The van der Waals surface area contributed by atoms with Crippen LogP contribution in [0.1, 0.15) is 12.8 Å². The van der Waals surface area contributed by atoms with Gasteiger partial charge in [0.2, 0.25) is 0 Å². The number of pyridine rings is 1. The van der Waals surface area contributed by atoms with Gasteiger partial charge >= 0.3 is 0 Å². The van der Waals surface area contributed by atoms with E-state index in [1.54, 1.807) is 12.3 Å². The first kappa shape index (κ1) is 13.4. The maximum atomic E-state index is 13.4. The molecule has 94 valence electrons. The second-order valence-corrected chi connectivity index (χ2v) is 6.47. The number of nitrogens with zero attached hydrogens (tertiary/aromatic N) is 1. The molecule has 1 saturated carbocycles. The third kappa shape index (κ3) is 2.69. The molecule has 1 aromatic rings. The summed E-state index contributed by atoms with van der Waals surface area (Å²) >= 11 is 13.0. The van der Waals surface area contributed by atoms with Gasteiger partial charge in [0, 0.05) is 24.3 Å². The van der Waals surface area contributed by atoms with Gasteiger partial charge in [-0.15, -0.1) is 11.8 Å². The van der Waals surface area contributed by atoms with E-state index in [0.29, 0.717) is 12.2 Å². The number of thioether (sulfide) groups is 1. The van der Waals surface area contributed by atoms with Crippen LogP contribution in [0.15, 0.2) is 29.4 Å². The summed E-state index contributed by atoms with van der Waals surface area (Å²) in [5, 5.41) is 0.798. The molecular formula is C11H11Cl2F2NS. The Balaban J connectivity index is 1.97. The summed E-state index contributed by atoms with van der Waals surface area (Å²) in [5.41, 5.74) is 0. The first-order valence-corrected chi connectivity index (χ1v) is 6.97. The minimum atomic E-state index is -2.99. The van der Waals surface area contributed by atoms with Crippen LogP contribution in [-0.2, 0) is 0 Å². The third-order valence-corrected chi connectivity index (χ3v) is 5.15. The van der Waals surface area contributed by atoms with Gasteiger partial charge in [0.25, 0.3) is 5.92 Å². The van der Waals surface area contributed by atoms with Gasteiger partial charge in [0.1, 0.15) is 0 Å². The SMILES string of the molecule is FC1(F)CCC(CSc2ccccn2)C1(Cl)Cl. The molecule has 0 aliphatic heterocycles. The van der Waals surface area contributed by atoms with E-state index in [-0.39, 0.29) is 6.42 Å². The lowest BCUT2D eigenvalue weighted by Gasteiger charge is -2.26. The molecule has 0 aromatic carbocycles. The Morgan fingerprint density at radius 3 is 2.71 bits per heavy atom. The van der Waals surface area contributed by atoms with Crippen LogP contribution < -0.4 is 0 Å². The van der Waals surface area contributed by atoms with Gasteiger partial charge in [-0.2, -0.15) is 0 Å². The standard InChI is InChI=1S/C11H11Cl2F2NS/c12-11(13)8(4-5-10(11,14)15)7-17-9-3-1-2-6-16-9/h1-3,6,8H,4-5,7H2. The maximum Gasteiger partial charge on any atom is 0.280 e. The average molecular weight is 298 g/mol. The van der Waals surface area contributed by atoms with E-state index in [1.807, 2.05) is 12.1 Å². The number of alkyl halides is 4. The summed E-state index contributed by atoms with van der Waals surface area (Å²) in [5.74, 6) is -2.95. The highest BCUT2D eigenvalue weighted by molar-refractivity contribution is 7.99. The van der Waals surface area contributed by atoms with Crippen molar-refractivity contribution in [2.24, 2.45) is 5.92 Å². The lowest BCUT2D eigenvalue weighted by Crippen LogP contribution is -2.37. The molecule has 6 heteroatoms. The molecule has 1 atom stereocenters. The van der Waals surface area contributed by atoms with Crippen molar-refractivity contribution in [2.45, 2.75) is 28.1 Å². The minimum Gasteiger partial charge on any atom is -0.250 e. The summed E-state index contributed by atoms with van der Waals surface area (Å²) < 4.78 is 24.9. The zero-order chi connectivity index (χ0) is 12.5. The van der Waals surface area contributed by atoms with E-state index in [1.165, 1.54) is 11.8 Å². The van der Waals surface area contributed by atoms with Gasteiger partial charge in [0.05, 0.1) is 5.03 Å². The molecule has 0 bridgehead atoms. The number of halogens is 4. The van der Waals surface area contributed by atoms with Crippen molar-refractivity contribution < 1.29 is 8.78 Å². The molecule has 2 rings (SSSR count). The Kier molecular flexibility index (Phi) is 3.86. The van der Waals surface area contributed by atoms with Crippen molar-refractivity contribution in [3.8, 4) is 0 Å². The van der Waals surface area contributed by atoms with E-state index in [2.05, 4.69) is 4.98 Å². The molecule has 1 heterocycles. The van der Waals surface area contributed by atoms with Crippen LogP contribution in [0.2, 0.25) is 0 Å². The summed E-state index contributed by atoms with van der Waals surface area (Å²) in [6.45, 7) is 0. The van der Waals surface area contributed by atoms with Crippen LogP contribution in [0.25, 0.3) is 0 Å². The molecule has 1 nitrogen and oxygen atoms in total. The first-order chi connectivity index (χ1) is 7.93. The molecule has 0 saturated heterocycles. The van der Waals surface area contributed by atoms with Gasteiger partial charge in [-0.25, -0.2) is 13.8 Å². The Labute approximate surface area is 113 Å². The molecule has 1 aliphatic rings. The number of rotatable bonds is 3. The van der Waals surface area contributed by atoms with Crippen LogP contribution in [0.5, 0.6) is 0 Å². The summed E-state index contributed by atoms with van der Waals surface area (Å²) in [7, 11) is 0. The Bertz CT molecular complexity index is 386. The summed E-state index contributed by atoms with van der Waals surface area (Å²) in [4.78, 5) is 4.11. The Hall–Kier alpha value is -0.0600. The number of aromatic nitrogens is 1. The van der Waals surface area contributed by atoms with Crippen molar-refractivity contribution >= 4 is 35.0 Å². The number of hydrogen-bond donors (Lipinski definition) is 0. The predicted molar refractivity (Wildman–Crippen MR) is 67.1 cm³/mol. The highest BCUT2D eigenvalue weighted by Crippen LogP contribution is 2.55. The largest absolute Gasteiger partial charge is 0.280 e. The van der Waals surface area contributed by atoms with Crippen LogP contribution in [0, 0.1) is 5.92 Å². The van der Waals surface area contributed by atoms with E-state index in [9.17, 15) is 8.78 Å². The fourth-order valence-corrected chi connectivity index (χ4v) is 3.65. The first-order valence-electron chi connectivity index (χ1n) is 5.23. The topological polar surface area (TPSA) is 12.9 Å². The van der Waals surface area contributed by atoms with Crippen molar-refractivity contribution in [3.63, 3.8) is 0 Å². The zero-order valence-electron chi connectivity index (χ0n) is 8.88. The van der Waals surface area contributed by atoms with Crippen molar-refractivity contribution in [2.75, 3.05) is 5.75 Å². The van der Waals surface area contributed by atoms with Gasteiger partial charge in [-0.1, -0.05) is 29.3 Å². The highest BCUT2D eigenvalue weighted by atomic mass is 35.5. The predicted octanol–water partition coefficient (Wildman–Crippen LogP) is 4.39. The molecule has 0 amide bonds. The van der Waals surface area contributed by atoms with Crippen LogP contribution in [0.3, 0.4) is 0 Å². The molecule has 1 fully saturated rings. The van der Waals surface area contributed by atoms with E-state index < -0.39 is 16.2 Å². The lowest BCUT2D eigenvalue weighted by atomic mass is 10.1. The smallest absolute Gasteiger partial charge is 0.250 e. The molecule has 0 spiro atoms. The summed E-state index contributed by atoms with van der Waals surface area (Å²) in [6, 6.07) is 5.50. The zero-order valence-corrected chi connectivity index (χ0v) is 11.2. The Morgan fingerprint density at radius 1 is 1.41 bits per heavy atom. The van der Waals surface area contributed by atoms with Crippen molar-refractivity contribution in [1.82, 2.24) is 4.98 Å².